The zero-order chi connectivity index (χ0) is 18.7. The molecule has 2 heterocycles. The van der Waals surface area contributed by atoms with Gasteiger partial charge in [-0.05, 0) is 31.2 Å². The van der Waals surface area contributed by atoms with E-state index in [1.165, 1.54) is 25.3 Å². The Balaban J connectivity index is 1.95. The van der Waals surface area contributed by atoms with Gasteiger partial charge in [-0.25, -0.2) is 9.18 Å². The van der Waals surface area contributed by atoms with Crippen LogP contribution in [0.3, 0.4) is 0 Å². The fourth-order valence-electron chi connectivity index (χ4n) is 3.02. The van der Waals surface area contributed by atoms with Crippen molar-refractivity contribution in [1.82, 2.24) is 10.5 Å². The zero-order valence-electron chi connectivity index (χ0n) is 14.4. The van der Waals surface area contributed by atoms with Crippen LogP contribution >= 0.6 is 0 Å². The van der Waals surface area contributed by atoms with Crippen LogP contribution in [0.5, 0.6) is 5.75 Å². The highest BCUT2D eigenvalue weighted by Crippen LogP contribution is 2.33. The number of nitrogens with one attached hydrogen (secondary N) is 2. The molecule has 8 nitrogen and oxygen atoms in total. The van der Waals surface area contributed by atoms with E-state index in [0.29, 0.717) is 12.1 Å². The van der Waals surface area contributed by atoms with E-state index in [0.717, 1.165) is 13.0 Å². The Hall–Kier alpha value is -2.65. The molecule has 0 aliphatic carbocycles. The molecule has 2 unspecified atom stereocenters. The van der Waals surface area contributed by atoms with Gasteiger partial charge < -0.3 is 29.7 Å². The molecule has 3 N–H and O–H groups in total. The van der Waals surface area contributed by atoms with Crippen LogP contribution in [-0.4, -0.2) is 55.7 Å². The van der Waals surface area contributed by atoms with Gasteiger partial charge in [0.15, 0.2) is 28.7 Å². The Morgan fingerprint density at radius 1 is 1.46 bits per heavy atom. The molecule has 2 atom stereocenters. The maximum absolute atomic E-state index is 13.6. The van der Waals surface area contributed by atoms with Crippen LogP contribution in [0.2, 0.25) is 0 Å². The van der Waals surface area contributed by atoms with Gasteiger partial charge in [0.25, 0.3) is 0 Å². The molecule has 0 spiro atoms. The molecule has 0 saturated carbocycles. The van der Waals surface area contributed by atoms with Crippen LogP contribution in [0.25, 0.3) is 11.3 Å². The molecule has 9 heteroatoms. The summed E-state index contributed by atoms with van der Waals surface area (Å²) < 4.78 is 29.3. The third kappa shape index (κ3) is 3.49. The number of piperidine rings is 1. The predicted molar refractivity (Wildman–Crippen MR) is 91.1 cm³/mol. The van der Waals surface area contributed by atoms with E-state index in [1.807, 2.05) is 0 Å². The molecule has 1 aliphatic rings. The van der Waals surface area contributed by atoms with Crippen LogP contribution in [0.4, 0.5) is 10.2 Å². The first-order valence-electron chi connectivity index (χ1n) is 8.12. The van der Waals surface area contributed by atoms with Gasteiger partial charge in [-0.1, -0.05) is 5.16 Å². The Morgan fingerprint density at radius 3 is 2.96 bits per heavy atom. The average molecular weight is 365 g/mol. The SMILES string of the molecule is COc1cc(-c2onc(NC3CNCCC3OC)c2C(=O)O)ccc1F. The minimum Gasteiger partial charge on any atom is -0.494 e. The Kier molecular flexibility index (Phi) is 5.38. The highest BCUT2D eigenvalue weighted by Gasteiger charge is 2.30. The number of benzene rings is 1. The van der Waals surface area contributed by atoms with Gasteiger partial charge in [0.1, 0.15) is 0 Å². The predicted octanol–water partition coefficient (Wildman–Crippen LogP) is 1.98. The van der Waals surface area contributed by atoms with E-state index in [9.17, 15) is 14.3 Å². The Morgan fingerprint density at radius 2 is 2.27 bits per heavy atom. The number of aromatic carboxylic acids is 1. The van der Waals surface area contributed by atoms with E-state index in [2.05, 4.69) is 15.8 Å². The van der Waals surface area contributed by atoms with Gasteiger partial charge in [-0.3, -0.25) is 0 Å². The number of halogens is 1. The zero-order valence-corrected chi connectivity index (χ0v) is 14.4. The average Bonchev–Trinajstić information content (AvgIpc) is 3.06. The molecule has 0 radical (unpaired) electrons. The van der Waals surface area contributed by atoms with E-state index < -0.39 is 11.8 Å². The lowest BCUT2D eigenvalue weighted by Crippen LogP contribution is -2.49. The highest BCUT2D eigenvalue weighted by atomic mass is 19.1. The van der Waals surface area contributed by atoms with Crippen molar-refractivity contribution in [3.63, 3.8) is 0 Å². The molecule has 2 aromatic rings. The summed E-state index contributed by atoms with van der Waals surface area (Å²) >= 11 is 0. The van der Waals surface area contributed by atoms with Crippen molar-refractivity contribution in [2.75, 3.05) is 32.6 Å². The van der Waals surface area contributed by atoms with Crippen LogP contribution < -0.4 is 15.4 Å². The number of carboxylic acid groups (broad SMARTS) is 1. The third-order valence-corrected chi connectivity index (χ3v) is 4.36. The summed E-state index contributed by atoms with van der Waals surface area (Å²) in [6, 6.07) is 3.80. The number of methoxy groups -OCH3 is 2. The van der Waals surface area contributed by atoms with Crippen molar-refractivity contribution in [3.05, 3.63) is 29.6 Å². The minimum absolute atomic E-state index is 0.0133. The number of nitrogens with zero attached hydrogens (tertiary/aromatic N) is 1. The standard InChI is InChI=1S/C17H20FN3O5/c1-24-12-5-6-19-8-11(12)20-16-14(17(22)23)15(26-21-16)9-3-4-10(18)13(7-9)25-2/h3-4,7,11-12,19H,5-6,8H2,1-2H3,(H,20,21)(H,22,23). The lowest BCUT2D eigenvalue weighted by atomic mass is 10.0. The van der Waals surface area contributed by atoms with E-state index in [-0.39, 0.29) is 35.0 Å². The van der Waals surface area contributed by atoms with Crippen LogP contribution in [-0.2, 0) is 4.74 Å². The molecule has 1 saturated heterocycles. The van der Waals surface area contributed by atoms with E-state index in [4.69, 9.17) is 14.0 Å². The summed E-state index contributed by atoms with van der Waals surface area (Å²) in [7, 11) is 2.94. The first kappa shape index (κ1) is 18.2. The molecule has 26 heavy (non-hydrogen) atoms. The topological polar surface area (TPSA) is 106 Å². The van der Waals surface area contributed by atoms with Crippen molar-refractivity contribution in [2.45, 2.75) is 18.6 Å². The van der Waals surface area contributed by atoms with Crippen LogP contribution in [0.15, 0.2) is 22.7 Å². The highest BCUT2D eigenvalue weighted by molar-refractivity contribution is 5.99. The second-order valence-corrected chi connectivity index (χ2v) is 5.91. The number of aromatic nitrogens is 1. The first-order valence-corrected chi connectivity index (χ1v) is 8.12. The summed E-state index contributed by atoms with van der Waals surface area (Å²) in [6.07, 6.45) is 0.708. The molecule has 0 amide bonds. The molecule has 0 bridgehead atoms. The van der Waals surface area contributed by atoms with Crippen LogP contribution in [0.1, 0.15) is 16.8 Å². The lowest BCUT2D eigenvalue weighted by molar-refractivity contribution is 0.0656. The second-order valence-electron chi connectivity index (χ2n) is 5.91. The smallest absolute Gasteiger partial charge is 0.343 e. The van der Waals surface area contributed by atoms with Gasteiger partial charge >= 0.3 is 5.97 Å². The van der Waals surface area contributed by atoms with Crippen molar-refractivity contribution < 1.29 is 28.3 Å². The maximum atomic E-state index is 13.6. The quantitative estimate of drug-likeness (QED) is 0.714. The number of rotatable bonds is 6. The minimum atomic E-state index is -1.20. The fourth-order valence-corrected chi connectivity index (χ4v) is 3.02. The van der Waals surface area contributed by atoms with E-state index >= 15 is 0 Å². The van der Waals surface area contributed by atoms with Gasteiger partial charge in [0.05, 0.1) is 19.3 Å². The molecule has 3 rings (SSSR count). The lowest BCUT2D eigenvalue weighted by Gasteiger charge is -2.31. The number of hydrogen-bond donors (Lipinski definition) is 3. The second kappa shape index (κ2) is 7.71. The summed E-state index contributed by atoms with van der Waals surface area (Å²) in [4.78, 5) is 11.8. The summed E-state index contributed by atoms with van der Waals surface area (Å²) in [5, 5.41) is 19.8. The van der Waals surface area contributed by atoms with E-state index in [1.54, 1.807) is 7.11 Å². The van der Waals surface area contributed by atoms with Gasteiger partial charge in [-0.15, -0.1) is 0 Å². The van der Waals surface area contributed by atoms with Crippen LogP contribution in [0, 0.1) is 5.82 Å². The van der Waals surface area contributed by atoms with Gasteiger partial charge in [0, 0.05) is 19.2 Å². The molecule has 1 aliphatic heterocycles. The van der Waals surface area contributed by atoms with Gasteiger partial charge in [-0.2, -0.15) is 0 Å². The summed E-state index contributed by atoms with van der Waals surface area (Å²) in [6.45, 7) is 1.42. The largest absolute Gasteiger partial charge is 0.494 e. The monoisotopic (exact) mass is 365 g/mol. The number of carboxylic acids is 1. The number of anilines is 1. The molecule has 1 fully saturated rings. The normalized spacial score (nSPS) is 20.0. The molecule has 1 aromatic heterocycles. The Labute approximate surface area is 149 Å². The third-order valence-electron chi connectivity index (χ3n) is 4.36. The summed E-state index contributed by atoms with van der Waals surface area (Å²) in [5.41, 5.74) is 0.227. The first-order chi connectivity index (χ1) is 12.5. The fraction of sp³-hybridized carbons (Fsp3) is 0.412. The van der Waals surface area contributed by atoms with Crippen molar-refractivity contribution in [3.8, 4) is 17.1 Å². The van der Waals surface area contributed by atoms with Crippen molar-refractivity contribution >= 4 is 11.8 Å². The molecule has 140 valence electrons. The maximum Gasteiger partial charge on any atom is 0.343 e. The number of carbonyl (C=O) groups is 1. The molecule has 1 aromatic carbocycles. The number of ether oxygens (including phenoxy) is 2. The van der Waals surface area contributed by atoms with Crippen molar-refractivity contribution in [1.29, 1.82) is 0 Å². The summed E-state index contributed by atoms with van der Waals surface area (Å²) in [5.74, 6) is -1.64. The van der Waals surface area contributed by atoms with Gasteiger partial charge in [0.2, 0.25) is 0 Å². The number of hydrogen-bond acceptors (Lipinski definition) is 7. The molecular weight excluding hydrogens is 345 g/mol. The Bertz CT molecular complexity index is 795. The van der Waals surface area contributed by atoms with Crippen molar-refractivity contribution in [2.24, 2.45) is 0 Å². The molecular formula is C17H20FN3O5.